The number of rotatable bonds is 10. The quantitative estimate of drug-likeness (QED) is 0.258. The van der Waals surface area contributed by atoms with Gasteiger partial charge in [0.15, 0.2) is 11.6 Å². The standard InChI is InChI=1S/C33H38F2O/c1-3-7-24-10-16-27(17-11-24)28-18-12-25(13-19-28)8-5-6-9-26-14-20-29(21-15-26)30-22-23-31(36-4-2)33(35)32(30)34/h6,9-13,16-19,22-23,26,29H,3-5,7-8,14-15,20-21H2,1-2H3/b9-6+/t26-,29-. The summed E-state index contributed by atoms with van der Waals surface area (Å²) in [7, 11) is 0. The molecule has 1 saturated carbocycles. The number of hydrogen-bond acceptors (Lipinski definition) is 1. The first-order valence-electron chi connectivity index (χ1n) is 13.5. The van der Waals surface area contributed by atoms with Crippen LogP contribution >= 0.6 is 0 Å². The van der Waals surface area contributed by atoms with Gasteiger partial charge in [0.1, 0.15) is 0 Å². The van der Waals surface area contributed by atoms with E-state index in [1.54, 1.807) is 19.1 Å². The molecule has 0 heterocycles. The summed E-state index contributed by atoms with van der Waals surface area (Å²) in [5.74, 6) is -0.976. The van der Waals surface area contributed by atoms with E-state index in [2.05, 4.69) is 67.6 Å². The van der Waals surface area contributed by atoms with Crippen molar-refractivity contribution in [2.45, 2.75) is 71.1 Å². The van der Waals surface area contributed by atoms with Gasteiger partial charge >= 0.3 is 0 Å². The topological polar surface area (TPSA) is 9.23 Å². The summed E-state index contributed by atoms with van der Waals surface area (Å²) < 4.78 is 34.0. The van der Waals surface area contributed by atoms with Crippen LogP contribution in [0.1, 0.15) is 75.0 Å². The molecule has 0 saturated heterocycles. The van der Waals surface area contributed by atoms with Crippen LogP contribution in [0.25, 0.3) is 11.1 Å². The van der Waals surface area contributed by atoms with E-state index in [0.29, 0.717) is 18.1 Å². The second-order valence-electron chi connectivity index (χ2n) is 9.94. The lowest BCUT2D eigenvalue weighted by Gasteiger charge is -2.27. The molecular formula is C33H38F2O. The summed E-state index contributed by atoms with van der Waals surface area (Å²) in [6, 6.07) is 21.1. The number of ether oxygens (including phenoxy) is 1. The van der Waals surface area contributed by atoms with E-state index in [0.717, 1.165) is 44.9 Å². The van der Waals surface area contributed by atoms with E-state index >= 15 is 0 Å². The van der Waals surface area contributed by atoms with Crippen molar-refractivity contribution in [3.05, 3.63) is 101 Å². The molecule has 3 aromatic carbocycles. The Morgan fingerprint density at radius 1 is 0.750 bits per heavy atom. The summed E-state index contributed by atoms with van der Waals surface area (Å²) in [6.45, 7) is 4.30. The third kappa shape index (κ3) is 6.63. The zero-order valence-electron chi connectivity index (χ0n) is 21.6. The molecule has 36 heavy (non-hydrogen) atoms. The molecule has 1 aliphatic carbocycles. The van der Waals surface area contributed by atoms with E-state index in [1.165, 1.54) is 28.7 Å². The second-order valence-corrected chi connectivity index (χ2v) is 9.94. The fraction of sp³-hybridized carbons (Fsp3) is 0.394. The number of aryl methyl sites for hydroxylation is 2. The minimum absolute atomic E-state index is 0.00562. The van der Waals surface area contributed by atoms with Crippen molar-refractivity contribution in [3.63, 3.8) is 0 Å². The van der Waals surface area contributed by atoms with Gasteiger partial charge in [-0.3, -0.25) is 0 Å². The molecule has 190 valence electrons. The Morgan fingerprint density at radius 2 is 1.36 bits per heavy atom. The summed E-state index contributed by atoms with van der Waals surface area (Å²) >= 11 is 0. The minimum Gasteiger partial charge on any atom is -0.491 e. The Kier molecular flexibility index (Phi) is 9.33. The molecule has 0 atom stereocenters. The Balaban J connectivity index is 1.23. The van der Waals surface area contributed by atoms with Crippen molar-refractivity contribution >= 4 is 0 Å². The van der Waals surface area contributed by atoms with Gasteiger partial charge in [-0.15, -0.1) is 0 Å². The molecule has 3 heteroatoms. The highest BCUT2D eigenvalue weighted by atomic mass is 19.2. The normalized spacial score (nSPS) is 18.0. The molecular weight excluding hydrogens is 450 g/mol. The first-order chi connectivity index (χ1) is 17.6. The number of halogens is 2. The molecule has 4 rings (SSSR count). The fourth-order valence-electron chi connectivity index (χ4n) is 5.31. The molecule has 0 amide bonds. The van der Waals surface area contributed by atoms with Gasteiger partial charge in [-0.1, -0.05) is 80.1 Å². The second kappa shape index (κ2) is 12.9. The van der Waals surface area contributed by atoms with Crippen LogP contribution in [0.2, 0.25) is 0 Å². The number of hydrogen-bond donors (Lipinski definition) is 0. The van der Waals surface area contributed by atoms with E-state index in [1.807, 2.05) is 0 Å². The van der Waals surface area contributed by atoms with Crippen molar-refractivity contribution in [1.82, 2.24) is 0 Å². The van der Waals surface area contributed by atoms with Crippen molar-refractivity contribution in [3.8, 4) is 16.9 Å². The van der Waals surface area contributed by atoms with Crippen molar-refractivity contribution < 1.29 is 13.5 Å². The molecule has 0 aliphatic heterocycles. The molecule has 1 aliphatic rings. The van der Waals surface area contributed by atoms with Crippen LogP contribution in [0, 0.1) is 17.6 Å². The first-order valence-corrected chi connectivity index (χ1v) is 13.5. The molecule has 1 nitrogen and oxygen atoms in total. The lowest BCUT2D eigenvalue weighted by molar-refractivity contribution is 0.310. The highest BCUT2D eigenvalue weighted by Crippen LogP contribution is 2.39. The maximum Gasteiger partial charge on any atom is 0.200 e. The number of allylic oxidation sites excluding steroid dienone is 2. The monoisotopic (exact) mass is 488 g/mol. The highest BCUT2D eigenvalue weighted by Gasteiger charge is 2.25. The Labute approximate surface area is 215 Å². The molecule has 1 fully saturated rings. The lowest BCUT2D eigenvalue weighted by atomic mass is 9.78. The fourth-order valence-corrected chi connectivity index (χ4v) is 5.31. The van der Waals surface area contributed by atoms with Crippen LogP contribution in [-0.2, 0) is 12.8 Å². The molecule has 0 N–H and O–H groups in total. The van der Waals surface area contributed by atoms with Crippen LogP contribution in [-0.4, -0.2) is 6.61 Å². The third-order valence-electron chi connectivity index (χ3n) is 7.38. The molecule has 0 aromatic heterocycles. The van der Waals surface area contributed by atoms with Crippen molar-refractivity contribution in [2.75, 3.05) is 6.61 Å². The van der Waals surface area contributed by atoms with E-state index in [9.17, 15) is 8.78 Å². The zero-order chi connectivity index (χ0) is 25.3. The predicted octanol–water partition coefficient (Wildman–Crippen LogP) is 9.45. The van der Waals surface area contributed by atoms with Crippen molar-refractivity contribution in [2.24, 2.45) is 5.92 Å². The summed E-state index contributed by atoms with van der Waals surface area (Å²) in [5.41, 5.74) is 5.78. The SMILES string of the molecule is CCCc1ccc(-c2ccc(CC/C=C/[C@H]3CC[C@H](c4ccc(OCC)c(F)c4F)CC3)cc2)cc1. The largest absolute Gasteiger partial charge is 0.491 e. The van der Waals surface area contributed by atoms with Crippen LogP contribution in [0.15, 0.2) is 72.8 Å². The van der Waals surface area contributed by atoms with Gasteiger partial charge in [0.05, 0.1) is 6.61 Å². The van der Waals surface area contributed by atoms with Gasteiger partial charge < -0.3 is 4.74 Å². The molecule has 0 spiro atoms. The number of benzene rings is 3. The van der Waals surface area contributed by atoms with Crippen molar-refractivity contribution in [1.29, 1.82) is 0 Å². The Bertz CT molecular complexity index is 1120. The summed E-state index contributed by atoms with van der Waals surface area (Å²) in [5, 5.41) is 0. The van der Waals surface area contributed by atoms with Crippen LogP contribution in [0.3, 0.4) is 0 Å². The van der Waals surface area contributed by atoms with Gasteiger partial charge in [0.25, 0.3) is 0 Å². The average Bonchev–Trinajstić information content (AvgIpc) is 2.91. The van der Waals surface area contributed by atoms with Crippen LogP contribution in [0.5, 0.6) is 5.75 Å². The maximum absolute atomic E-state index is 14.6. The molecule has 0 unspecified atom stereocenters. The first kappa shape index (κ1) is 26.1. The highest BCUT2D eigenvalue weighted by molar-refractivity contribution is 5.64. The molecule has 0 radical (unpaired) electrons. The Morgan fingerprint density at radius 3 is 1.94 bits per heavy atom. The molecule has 0 bridgehead atoms. The van der Waals surface area contributed by atoms with Crippen LogP contribution in [0.4, 0.5) is 8.78 Å². The predicted molar refractivity (Wildman–Crippen MR) is 146 cm³/mol. The van der Waals surface area contributed by atoms with E-state index < -0.39 is 11.6 Å². The smallest absolute Gasteiger partial charge is 0.200 e. The average molecular weight is 489 g/mol. The van der Waals surface area contributed by atoms with E-state index in [4.69, 9.17) is 4.74 Å². The Hall–Kier alpha value is -2.94. The van der Waals surface area contributed by atoms with Gasteiger partial charge in [0, 0.05) is 0 Å². The van der Waals surface area contributed by atoms with Gasteiger partial charge in [0.2, 0.25) is 5.82 Å². The molecule has 3 aromatic rings. The van der Waals surface area contributed by atoms with Crippen LogP contribution < -0.4 is 4.74 Å². The summed E-state index contributed by atoms with van der Waals surface area (Å²) in [6.07, 6.45) is 12.8. The maximum atomic E-state index is 14.6. The summed E-state index contributed by atoms with van der Waals surface area (Å²) in [4.78, 5) is 0. The third-order valence-corrected chi connectivity index (χ3v) is 7.38. The van der Waals surface area contributed by atoms with E-state index in [-0.39, 0.29) is 11.7 Å². The minimum atomic E-state index is -0.853. The van der Waals surface area contributed by atoms with Gasteiger partial charge in [-0.05, 0) is 97.6 Å². The van der Waals surface area contributed by atoms with Gasteiger partial charge in [-0.2, -0.15) is 4.39 Å². The zero-order valence-corrected chi connectivity index (χ0v) is 21.6. The lowest BCUT2D eigenvalue weighted by Crippen LogP contribution is -2.14. The van der Waals surface area contributed by atoms with Gasteiger partial charge in [-0.25, -0.2) is 4.39 Å².